The van der Waals surface area contributed by atoms with E-state index in [1.54, 1.807) is 18.2 Å². The van der Waals surface area contributed by atoms with E-state index in [9.17, 15) is 9.90 Å². The smallest absolute Gasteiger partial charge is 0.193 e. The molecule has 4 nitrogen and oxygen atoms in total. The van der Waals surface area contributed by atoms with Gasteiger partial charge in [-0.1, -0.05) is 54.6 Å². The van der Waals surface area contributed by atoms with Gasteiger partial charge in [-0.3, -0.25) is 4.79 Å². The molecule has 0 bridgehead atoms. The minimum absolute atomic E-state index is 0.0452. The highest BCUT2D eigenvalue weighted by atomic mass is 16.5. The molecule has 0 heterocycles. The molecule has 0 aromatic heterocycles. The number of phenolic OH excluding ortho intramolecular Hbond substituents is 1. The van der Waals surface area contributed by atoms with Crippen LogP contribution in [0.25, 0.3) is 17.2 Å². The SMILES string of the molecule is COc1cc(C=CC(=O)COc2ccc(-c3ccccc3)cc2)ccc1O. The summed E-state index contributed by atoms with van der Waals surface area (Å²) in [6.45, 7) is -0.0452. The maximum absolute atomic E-state index is 12.0. The summed E-state index contributed by atoms with van der Waals surface area (Å²) in [6.07, 6.45) is 3.11. The fourth-order valence-corrected chi connectivity index (χ4v) is 2.56. The number of ether oxygens (including phenoxy) is 2. The number of rotatable bonds is 7. The Balaban J connectivity index is 1.56. The minimum atomic E-state index is -0.158. The molecular formula is C23H20O4. The van der Waals surface area contributed by atoms with Crippen molar-refractivity contribution >= 4 is 11.9 Å². The summed E-state index contributed by atoms with van der Waals surface area (Å²) in [5, 5.41) is 9.58. The second-order valence-corrected chi connectivity index (χ2v) is 5.91. The molecule has 3 aromatic rings. The standard InChI is InChI=1S/C23H20O4/c1-26-23-15-17(8-14-22(23)25)7-11-20(24)16-27-21-12-9-19(10-13-21)18-5-3-2-4-6-18/h2-15,25H,16H2,1H3. The van der Waals surface area contributed by atoms with Crippen molar-refractivity contribution in [2.24, 2.45) is 0 Å². The number of phenols is 1. The van der Waals surface area contributed by atoms with Crippen LogP contribution < -0.4 is 9.47 Å². The Morgan fingerprint density at radius 1 is 0.963 bits per heavy atom. The van der Waals surface area contributed by atoms with Crippen LogP contribution in [0.5, 0.6) is 17.2 Å². The third kappa shape index (κ3) is 4.98. The lowest BCUT2D eigenvalue weighted by molar-refractivity contribution is -0.116. The number of hydrogen-bond donors (Lipinski definition) is 1. The zero-order chi connectivity index (χ0) is 19.1. The van der Waals surface area contributed by atoms with Gasteiger partial charge in [-0.15, -0.1) is 0 Å². The molecule has 27 heavy (non-hydrogen) atoms. The van der Waals surface area contributed by atoms with Crippen LogP contribution in [0.15, 0.2) is 78.9 Å². The van der Waals surface area contributed by atoms with Crippen LogP contribution in [0.4, 0.5) is 0 Å². The summed E-state index contributed by atoms with van der Waals surface area (Å²) in [4.78, 5) is 12.0. The van der Waals surface area contributed by atoms with Crippen LogP contribution in [0.1, 0.15) is 5.56 Å². The van der Waals surface area contributed by atoms with Crippen molar-refractivity contribution < 1.29 is 19.4 Å². The van der Waals surface area contributed by atoms with E-state index in [2.05, 4.69) is 0 Å². The van der Waals surface area contributed by atoms with Gasteiger partial charge in [0.1, 0.15) is 5.75 Å². The summed E-state index contributed by atoms with van der Waals surface area (Å²) in [6, 6.07) is 22.6. The monoisotopic (exact) mass is 360 g/mol. The zero-order valence-corrected chi connectivity index (χ0v) is 15.0. The lowest BCUT2D eigenvalue weighted by atomic mass is 10.1. The number of carbonyl (C=O) groups is 1. The van der Waals surface area contributed by atoms with E-state index in [0.717, 1.165) is 16.7 Å². The van der Waals surface area contributed by atoms with Crippen LogP contribution in [0.3, 0.4) is 0 Å². The summed E-state index contributed by atoms with van der Waals surface area (Å²) < 4.78 is 10.6. The van der Waals surface area contributed by atoms with Crippen molar-refractivity contribution in [3.63, 3.8) is 0 Å². The number of ketones is 1. The molecule has 0 amide bonds. The molecule has 0 aliphatic rings. The van der Waals surface area contributed by atoms with Crippen molar-refractivity contribution in [1.82, 2.24) is 0 Å². The molecule has 0 fully saturated rings. The van der Waals surface area contributed by atoms with E-state index >= 15 is 0 Å². The van der Waals surface area contributed by atoms with E-state index in [0.29, 0.717) is 11.5 Å². The Morgan fingerprint density at radius 3 is 2.37 bits per heavy atom. The van der Waals surface area contributed by atoms with Gasteiger partial charge in [-0.05, 0) is 47.0 Å². The second-order valence-electron chi connectivity index (χ2n) is 5.91. The Labute approximate surface area is 158 Å². The molecule has 4 heteroatoms. The van der Waals surface area contributed by atoms with Crippen LogP contribution >= 0.6 is 0 Å². The molecule has 3 aromatic carbocycles. The average molecular weight is 360 g/mol. The van der Waals surface area contributed by atoms with Gasteiger partial charge in [0.15, 0.2) is 23.9 Å². The molecule has 0 spiro atoms. The van der Waals surface area contributed by atoms with Crippen molar-refractivity contribution in [2.75, 3.05) is 13.7 Å². The second kappa shape index (κ2) is 8.72. The van der Waals surface area contributed by atoms with E-state index < -0.39 is 0 Å². The highest BCUT2D eigenvalue weighted by Crippen LogP contribution is 2.26. The first-order valence-corrected chi connectivity index (χ1v) is 8.52. The van der Waals surface area contributed by atoms with Crippen molar-refractivity contribution in [3.8, 4) is 28.4 Å². The van der Waals surface area contributed by atoms with Gasteiger partial charge in [-0.2, -0.15) is 0 Å². The van der Waals surface area contributed by atoms with Gasteiger partial charge in [0, 0.05) is 0 Å². The third-order valence-electron chi connectivity index (χ3n) is 4.01. The molecule has 0 saturated carbocycles. The van der Waals surface area contributed by atoms with Crippen molar-refractivity contribution in [1.29, 1.82) is 0 Å². The molecule has 136 valence electrons. The first-order chi connectivity index (χ1) is 13.2. The maximum atomic E-state index is 12.0. The first kappa shape index (κ1) is 18.3. The summed E-state index contributed by atoms with van der Waals surface area (Å²) in [5.74, 6) is 0.902. The number of methoxy groups -OCH3 is 1. The molecule has 0 aliphatic heterocycles. The topological polar surface area (TPSA) is 55.8 Å². The largest absolute Gasteiger partial charge is 0.504 e. The quantitative estimate of drug-likeness (QED) is 0.619. The lowest BCUT2D eigenvalue weighted by Crippen LogP contribution is -2.08. The number of aromatic hydroxyl groups is 1. The van der Waals surface area contributed by atoms with E-state index in [-0.39, 0.29) is 18.1 Å². The van der Waals surface area contributed by atoms with E-state index in [4.69, 9.17) is 9.47 Å². The maximum Gasteiger partial charge on any atom is 0.193 e. The van der Waals surface area contributed by atoms with Gasteiger partial charge in [-0.25, -0.2) is 0 Å². The Hall–Kier alpha value is -3.53. The molecule has 3 rings (SSSR count). The molecule has 0 saturated heterocycles. The Bertz CT molecular complexity index is 928. The van der Waals surface area contributed by atoms with Gasteiger partial charge in [0.25, 0.3) is 0 Å². The molecule has 0 radical (unpaired) electrons. The fourth-order valence-electron chi connectivity index (χ4n) is 2.56. The zero-order valence-electron chi connectivity index (χ0n) is 15.0. The molecule has 0 unspecified atom stereocenters. The Kier molecular flexibility index (Phi) is 5.90. The van der Waals surface area contributed by atoms with Gasteiger partial charge < -0.3 is 14.6 Å². The number of carbonyl (C=O) groups excluding carboxylic acids is 1. The van der Waals surface area contributed by atoms with Crippen LogP contribution in [-0.4, -0.2) is 24.6 Å². The van der Waals surface area contributed by atoms with E-state index in [1.807, 2.05) is 54.6 Å². The lowest BCUT2D eigenvalue weighted by Gasteiger charge is -2.06. The van der Waals surface area contributed by atoms with E-state index in [1.165, 1.54) is 19.3 Å². The summed E-state index contributed by atoms with van der Waals surface area (Å²) >= 11 is 0. The first-order valence-electron chi connectivity index (χ1n) is 8.52. The molecular weight excluding hydrogens is 340 g/mol. The average Bonchev–Trinajstić information content (AvgIpc) is 2.72. The van der Waals surface area contributed by atoms with Crippen LogP contribution in [0, 0.1) is 0 Å². The van der Waals surface area contributed by atoms with Gasteiger partial charge in [0.05, 0.1) is 7.11 Å². The highest BCUT2D eigenvalue weighted by Gasteiger charge is 2.03. The summed E-state index contributed by atoms with van der Waals surface area (Å²) in [7, 11) is 1.48. The normalized spacial score (nSPS) is 10.7. The van der Waals surface area contributed by atoms with Crippen molar-refractivity contribution in [2.45, 2.75) is 0 Å². The molecule has 0 atom stereocenters. The summed E-state index contributed by atoms with van der Waals surface area (Å²) in [5.41, 5.74) is 2.98. The number of hydrogen-bond acceptors (Lipinski definition) is 4. The van der Waals surface area contributed by atoms with Crippen LogP contribution in [0.2, 0.25) is 0 Å². The Morgan fingerprint density at radius 2 is 1.67 bits per heavy atom. The van der Waals surface area contributed by atoms with Crippen LogP contribution in [-0.2, 0) is 4.79 Å². The molecule has 0 aliphatic carbocycles. The third-order valence-corrected chi connectivity index (χ3v) is 4.01. The predicted octanol–water partition coefficient (Wildman–Crippen LogP) is 4.73. The van der Waals surface area contributed by atoms with Crippen molar-refractivity contribution in [3.05, 3.63) is 84.4 Å². The van der Waals surface area contributed by atoms with Gasteiger partial charge >= 0.3 is 0 Å². The van der Waals surface area contributed by atoms with Gasteiger partial charge in [0.2, 0.25) is 0 Å². The minimum Gasteiger partial charge on any atom is -0.504 e. The molecule has 1 N–H and O–H groups in total. The number of benzene rings is 3. The fraction of sp³-hybridized carbons (Fsp3) is 0.0870. The predicted molar refractivity (Wildman–Crippen MR) is 106 cm³/mol. The highest BCUT2D eigenvalue weighted by molar-refractivity contribution is 5.94.